The molecule has 19 heavy (non-hydrogen) atoms. The summed E-state index contributed by atoms with van der Waals surface area (Å²) in [5, 5.41) is 8.63. The minimum absolute atomic E-state index is 0.182. The molecule has 1 aromatic heterocycles. The highest BCUT2D eigenvalue weighted by atomic mass is 16.4. The molecule has 104 valence electrons. The van der Waals surface area contributed by atoms with E-state index in [1.54, 1.807) is 6.20 Å². The second kappa shape index (κ2) is 6.61. The lowest BCUT2D eigenvalue weighted by Crippen LogP contribution is -2.29. The minimum atomic E-state index is -0.758. The molecule has 0 bridgehead atoms. The SMILES string of the molecule is CN1CCC(c2ccnc(CCCC(=O)O)n2)CC1. The van der Waals surface area contributed by atoms with Crippen molar-refractivity contribution in [2.24, 2.45) is 0 Å². The van der Waals surface area contributed by atoms with Gasteiger partial charge < -0.3 is 10.0 Å². The van der Waals surface area contributed by atoms with E-state index >= 15 is 0 Å². The van der Waals surface area contributed by atoms with Gasteiger partial charge in [-0.2, -0.15) is 0 Å². The van der Waals surface area contributed by atoms with Crippen molar-refractivity contribution >= 4 is 5.97 Å². The summed E-state index contributed by atoms with van der Waals surface area (Å²) in [4.78, 5) is 21.7. The van der Waals surface area contributed by atoms with E-state index in [-0.39, 0.29) is 6.42 Å². The predicted octanol–water partition coefficient (Wildman–Crippen LogP) is 1.69. The molecule has 1 aliphatic rings. The molecule has 1 N–H and O–H groups in total. The molecule has 2 rings (SSSR count). The number of nitrogens with zero attached hydrogens (tertiary/aromatic N) is 3. The Hall–Kier alpha value is -1.49. The van der Waals surface area contributed by atoms with Crippen LogP contribution in [0.3, 0.4) is 0 Å². The molecule has 0 saturated carbocycles. The highest BCUT2D eigenvalue weighted by Crippen LogP contribution is 2.25. The van der Waals surface area contributed by atoms with Crippen LogP contribution in [0.1, 0.15) is 43.1 Å². The molecule has 1 saturated heterocycles. The zero-order valence-corrected chi connectivity index (χ0v) is 11.4. The molecule has 1 aliphatic heterocycles. The van der Waals surface area contributed by atoms with Crippen LogP contribution in [0.15, 0.2) is 12.3 Å². The number of aliphatic carboxylic acids is 1. The lowest BCUT2D eigenvalue weighted by molar-refractivity contribution is -0.137. The number of rotatable bonds is 5. The van der Waals surface area contributed by atoms with E-state index in [9.17, 15) is 4.79 Å². The summed E-state index contributed by atoms with van der Waals surface area (Å²) in [5.41, 5.74) is 1.12. The number of hydrogen-bond donors (Lipinski definition) is 1. The van der Waals surface area contributed by atoms with E-state index in [0.717, 1.165) is 37.4 Å². The van der Waals surface area contributed by atoms with Crippen LogP contribution >= 0.6 is 0 Å². The van der Waals surface area contributed by atoms with Crippen molar-refractivity contribution in [1.29, 1.82) is 0 Å². The van der Waals surface area contributed by atoms with Gasteiger partial charge in [0.15, 0.2) is 0 Å². The van der Waals surface area contributed by atoms with Crippen molar-refractivity contribution in [1.82, 2.24) is 14.9 Å². The first kappa shape index (κ1) is 13.9. The largest absolute Gasteiger partial charge is 0.481 e. The van der Waals surface area contributed by atoms with Crippen LogP contribution in [0.4, 0.5) is 0 Å². The Morgan fingerprint density at radius 1 is 1.47 bits per heavy atom. The van der Waals surface area contributed by atoms with E-state index < -0.39 is 5.97 Å². The first-order valence-electron chi connectivity index (χ1n) is 6.87. The fraction of sp³-hybridized carbons (Fsp3) is 0.643. The van der Waals surface area contributed by atoms with E-state index in [1.807, 2.05) is 6.07 Å². The van der Waals surface area contributed by atoms with E-state index in [4.69, 9.17) is 5.11 Å². The molecule has 0 amide bonds. The van der Waals surface area contributed by atoms with Gasteiger partial charge in [0.1, 0.15) is 5.82 Å². The zero-order valence-electron chi connectivity index (χ0n) is 11.4. The smallest absolute Gasteiger partial charge is 0.303 e. The first-order chi connectivity index (χ1) is 9.15. The third kappa shape index (κ3) is 4.28. The van der Waals surface area contributed by atoms with Gasteiger partial charge in [-0.3, -0.25) is 4.79 Å². The Labute approximate surface area is 113 Å². The Morgan fingerprint density at radius 3 is 2.89 bits per heavy atom. The van der Waals surface area contributed by atoms with Crippen molar-refractivity contribution in [3.8, 4) is 0 Å². The number of carboxylic acid groups (broad SMARTS) is 1. The Morgan fingerprint density at radius 2 is 2.21 bits per heavy atom. The highest BCUT2D eigenvalue weighted by molar-refractivity contribution is 5.66. The van der Waals surface area contributed by atoms with Gasteiger partial charge >= 0.3 is 5.97 Å². The summed E-state index contributed by atoms with van der Waals surface area (Å²) in [6.45, 7) is 2.23. The molecule has 0 aromatic carbocycles. The lowest BCUT2D eigenvalue weighted by atomic mass is 9.93. The third-order valence-electron chi connectivity index (χ3n) is 3.65. The van der Waals surface area contributed by atoms with Crippen molar-refractivity contribution in [3.05, 3.63) is 23.8 Å². The molecule has 0 radical (unpaired) electrons. The maximum Gasteiger partial charge on any atom is 0.303 e. The molecule has 2 heterocycles. The van der Waals surface area contributed by atoms with Crippen LogP contribution in [-0.2, 0) is 11.2 Å². The van der Waals surface area contributed by atoms with Crippen LogP contribution in [-0.4, -0.2) is 46.1 Å². The highest BCUT2D eigenvalue weighted by Gasteiger charge is 2.19. The number of carbonyl (C=O) groups is 1. The van der Waals surface area contributed by atoms with Gasteiger partial charge in [-0.05, 0) is 45.5 Å². The minimum Gasteiger partial charge on any atom is -0.481 e. The van der Waals surface area contributed by atoms with Crippen molar-refractivity contribution in [2.75, 3.05) is 20.1 Å². The van der Waals surface area contributed by atoms with Crippen molar-refractivity contribution in [2.45, 2.75) is 38.0 Å². The number of piperidine rings is 1. The molecule has 1 fully saturated rings. The second-order valence-corrected chi connectivity index (χ2v) is 5.22. The normalized spacial score (nSPS) is 17.5. The monoisotopic (exact) mass is 263 g/mol. The Bertz CT molecular complexity index is 428. The van der Waals surface area contributed by atoms with Crippen molar-refractivity contribution < 1.29 is 9.90 Å². The average molecular weight is 263 g/mol. The number of aryl methyl sites for hydroxylation is 1. The Kier molecular flexibility index (Phi) is 4.85. The molecule has 5 nitrogen and oxygen atoms in total. The van der Waals surface area contributed by atoms with Gasteiger partial charge in [-0.1, -0.05) is 0 Å². The lowest BCUT2D eigenvalue weighted by Gasteiger charge is -2.28. The Balaban J connectivity index is 1.93. The quantitative estimate of drug-likeness (QED) is 0.875. The molecule has 0 atom stereocenters. The van der Waals surface area contributed by atoms with E-state index in [1.165, 1.54) is 0 Å². The third-order valence-corrected chi connectivity index (χ3v) is 3.65. The van der Waals surface area contributed by atoms with Gasteiger partial charge in [0.25, 0.3) is 0 Å². The van der Waals surface area contributed by atoms with Crippen LogP contribution in [0.25, 0.3) is 0 Å². The van der Waals surface area contributed by atoms with Gasteiger partial charge in [-0.25, -0.2) is 9.97 Å². The van der Waals surface area contributed by atoms with Gasteiger partial charge in [-0.15, -0.1) is 0 Å². The number of carboxylic acids is 1. The maximum atomic E-state index is 10.5. The summed E-state index contributed by atoms with van der Waals surface area (Å²) in [5.74, 6) is 0.543. The van der Waals surface area contributed by atoms with Crippen molar-refractivity contribution in [3.63, 3.8) is 0 Å². The molecule has 0 unspecified atom stereocenters. The fourth-order valence-corrected chi connectivity index (χ4v) is 2.46. The number of hydrogen-bond acceptors (Lipinski definition) is 4. The summed E-state index contributed by atoms with van der Waals surface area (Å²) in [6, 6.07) is 2.00. The van der Waals surface area contributed by atoms with E-state index in [0.29, 0.717) is 18.8 Å². The first-order valence-corrected chi connectivity index (χ1v) is 6.87. The predicted molar refractivity (Wildman–Crippen MR) is 72.1 cm³/mol. The molecular formula is C14H21N3O2. The fourth-order valence-electron chi connectivity index (χ4n) is 2.46. The van der Waals surface area contributed by atoms with E-state index in [2.05, 4.69) is 21.9 Å². The topological polar surface area (TPSA) is 66.3 Å². The maximum absolute atomic E-state index is 10.5. The average Bonchev–Trinajstić information content (AvgIpc) is 2.39. The van der Waals surface area contributed by atoms with Crippen LogP contribution < -0.4 is 0 Å². The van der Waals surface area contributed by atoms with Crippen LogP contribution in [0, 0.1) is 0 Å². The zero-order chi connectivity index (χ0) is 13.7. The molecule has 0 aliphatic carbocycles. The number of likely N-dealkylation sites (tertiary alicyclic amines) is 1. The summed E-state index contributed by atoms with van der Waals surface area (Å²) in [6.07, 6.45) is 5.52. The van der Waals surface area contributed by atoms with Gasteiger partial charge in [0.2, 0.25) is 0 Å². The second-order valence-electron chi connectivity index (χ2n) is 5.22. The summed E-state index contributed by atoms with van der Waals surface area (Å²) < 4.78 is 0. The van der Waals surface area contributed by atoms with Crippen LogP contribution in [0.5, 0.6) is 0 Å². The summed E-state index contributed by atoms with van der Waals surface area (Å²) in [7, 11) is 2.15. The van der Waals surface area contributed by atoms with Gasteiger partial charge in [0.05, 0.1) is 0 Å². The standard InChI is InChI=1S/C14H21N3O2/c1-17-9-6-11(7-10-17)12-5-8-15-13(16-12)3-2-4-14(18)19/h5,8,11H,2-4,6-7,9-10H2,1H3,(H,18,19). The molecule has 1 aromatic rings. The van der Waals surface area contributed by atoms with Gasteiger partial charge in [0, 0.05) is 30.7 Å². The molecule has 0 spiro atoms. The molecular weight excluding hydrogens is 242 g/mol. The van der Waals surface area contributed by atoms with Crippen LogP contribution in [0.2, 0.25) is 0 Å². The summed E-state index contributed by atoms with van der Waals surface area (Å²) >= 11 is 0. The number of aromatic nitrogens is 2. The molecule has 5 heteroatoms.